The van der Waals surface area contributed by atoms with Crippen molar-refractivity contribution in [2.75, 3.05) is 70.6 Å². The number of fused-ring (bicyclic) bond motifs is 7. The lowest BCUT2D eigenvalue weighted by atomic mass is 9.90. The number of piperazine rings is 1. The fraction of sp³-hybridized carbons (Fsp3) is 0.550. The average molecular weight is 731 g/mol. The van der Waals surface area contributed by atoms with E-state index in [0.717, 1.165) is 64.2 Å². The van der Waals surface area contributed by atoms with Crippen LogP contribution in [0.1, 0.15) is 38.2 Å². The van der Waals surface area contributed by atoms with Crippen molar-refractivity contribution in [3.05, 3.63) is 47.5 Å². The van der Waals surface area contributed by atoms with Crippen molar-refractivity contribution in [3.8, 4) is 28.6 Å². The summed E-state index contributed by atoms with van der Waals surface area (Å²) in [6.07, 6.45) is 2.72. The van der Waals surface area contributed by atoms with Crippen molar-refractivity contribution >= 4 is 27.5 Å². The number of hydrogen-bond donors (Lipinski definition) is 2. The summed E-state index contributed by atoms with van der Waals surface area (Å²) in [5.41, 5.74) is 0.175. The SMILES string of the molecule is CCc1cccc2cc(O)cc(-c3c(F)c4c5c(nc(OC[C@]67C[C@@H](F)CN6C[C@@H](CN6CCOCC6)C7)nc5c3F)N3CC5CCC(N5)C3CO4)c12. The maximum absolute atomic E-state index is 17.4. The standard InChI is InChI=1S/C40H45F3N6O4/c1-2-23-4-3-5-24-12-27(50)13-28(31(23)24)32-34(42)36-33-37(35(32)43)52-20-30-29-7-6-26(44-29)19-49(30)38(33)46-39(45-36)53-21-40-14-22(16-47-8-10-51-11-9-47)17-48(40)18-25(41)15-40/h3-5,12-13,22,25-26,29-30,44,50H,2,6-11,14-21H2,1H3/t22-,25-,26?,29?,30?,40+/m1/s1. The summed E-state index contributed by atoms with van der Waals surface area (Å²) in [6, 6.07) is 8.77. The molecule has 2 bridgehead atoms. The van der Waals surface area contributed by atoms with Crippen molar-refractivity contribution in [1.82, 2.24) is 25.1 Å². The van der Waals surface area contributed by atoms with E-state index in [4.69, 9.17) is 24.2 Å². The number of benzene rings is 3. The van der Waals surface area contributed by atoms with Crippen LogP contribution in [0.15, 0.2) is 30.3 Å². The molecule has 0 spiro atoms. The van der Waals surface area contributed by atoms with Crippen molar-refractivity contribution in [1.29, 1.82) is 0 Å². The number of morpholine rings is 1. The average Bonchev–Trinajstić information content (AvgIpc) is 3.75. The summed E-state index contributed by atoms with van der Waals surface area (Å²) in [6.45, 7) is 8.23. The number of phenols is 1. The molecule has 3 unspecified atom stereocenters. The normalized spacial score (nSPS) is 29.7. The third-order valence-corrected chi connectivity index (χ3v) is 12.8. The zero-order valence-corrected chi connectivity index (χ0v) is 29.9. The topological polar surface area (TPSA) is 95.5 Å². The van der Waals surface area contributed by atoms with Gasteiger partial charge in [0.25, 0.3) is 0 Å². The summed E-state index contributed by atoms with van der Waals surface area (Å²) < 4.78 is 68.0. The van der Waals surface area contributed by atoms with Gasteiger partial charge in [-0.3, -0.25) is 9.80 Å². The number of anilines is 1. The van der Waals surface area contributed by atoms with E-state index in [-0.39, 0.29) is 70.9 Å². The molecule has 0 aliphatic carbocycles. The fourth-order valence-electron chi connectivity index (χ4n) is 10.5. The van der Waals surface area contributed by atoms with E-state index in [1.54, 1.807) is 6.07 Å². The molecule has 13 heteroatoms. The molecule has 2 N–H and O–H groups in total. The highest BCUT2D eigenvalue weighted by atomic mass is 19.1. The first-order valence-corrected chi connectivity index (χ1v) is 19.2. The van der Waals surface area contributed by atoms with E-state index in [2.05, 4.69) is 20.0 Å². The molecule has 53 heavy (non-hydrogen) atoms. The van der Waals surface area contributed by atoms with Crippen LogP contribution in [-0.2, 0) is 11.2 Å². The summed E-state index contributed by atoms with van der Waals surface area (Å²) in [5, 5.41) is 16.0. The van der Waals surface area contributed by atoms with Crippen LogP contribution in [0.3, 0.4) is 0 Å². The number of halogens is 3. The highest BCUT2D eigenvalue weighted by Gasteiger charge is 2.53. The Hall–Kier alpha value is -3.91. The Morgan fingerprint density at radius 1 is 1.04 bits per heavy atom. The molecule has 4 aromatic rings. The van der Waals surface area contributed by atoms with E-state index in [1.807, 2.05) is 25.1 Å². The van der Waals surface area contributed by atoms with Crippen LogP contribution in [0, 0.1) is 17.6 Å². The van der Waals surface area contributed by atoms with Crippen molar-refractivity contribution < 1.29 is 32.5 Å². The molecule has 280 valence electrons. The molecule has 0 saturated carbocycles. The van der Waals surface area contributed by atoms with Gasteiger partial charge < -0.3 is 29.5 Å². The lowest BCUT2D eigenvalue weighted by molar-refractivity contribution is 0.0308. The first-order valence-electron chi connectivity index (χ1n) is 19.2. The van der Waals surface area contributed by atoms with Crippen LogP contribution in [0.2, 0.25) is 0 Å². The van der Waals surface area contributed by atoms with Gasteiger partial charge in [0.05, 0.1) is 35.7 Å². The predicted octanol–water partition coefficient (Wildman–Crippen LogP) is 5.21. The van der Waals surface area contributed by atoms with Gasteiger partial charge in [-0.05, 0) is 65.6 Å². The highest BCUT2D eigenvalue weighted by molar-refractivity contribution is 6.05. The van der Waals surface area contributed by atoms with Gasteiger partial charge in [0.2, 0.25) is 0 Å². The molecule has 6 atom stereocenters. The molecular weight excluding hydrogens is 685 g/mol. The second-order valence-corrected chi connectivity index (χ2v) is 16.0. The van der Waals surface area contributed by atoms with E-state index in [1.165, 1.54) is 6.07 Å². The molecule has 5 saturated heterocycles. The lowest BCUT2D eigenvalue weighted by Gasteiger charge is -2.40. The first kappa shape index (κ1) is 33.6. The molecule has 5 fully saturated rings. The Balaban J connectivity index is 1.09. The maximum atomic E-state index is 17.4. The fourth-order valence-corrected chi connectivity index (χ4v) is 10.5. The number of aromatic hydroxyl groups is 1. The van der Waals surface area contributed by atoms with Crippen LogP contribution in [0.5, 0.6) is 17.5 Å². The first-order chi connectivity index (χ1) is 25.8. The number of rotatable bonds is 7. The molecule has 3 aromatic carbocycles. The van der Waals surface area contributed by atoms with Crippen LogP contribution in [0.25, 0.3) is 32.8 Å². The van der Waals surface area contributed by atoms with E-state index < -0.39 is 23.3 Å². The Labute approximate surface area is 306 Å². The monoisotopic (exact) mass is 730 g/mol. The Kier molecular flexibility index (Phi) is 8.16. The number of nitrogens with one attached hydrogen (secondary N) is 1. The lowest BCUT2D eigenvalue weighted by Crippen LogP contribution is -2.60. The molecule has 0 amide bonds. The van der Waals surface area contributed by atoms with Gasteiger partial charge >= 0.3 is 6.01 Å². The second-order valence-electron chi connectivity index (χ2n) is 16.0. The largest absolute Gasteiger partial charge is 0.508 e. The summed E-state index contributed by atoms with van der Waals surface area (Å²) >= 11 is 0. The second kappa shape index (κ2) is 12.9. The Morgan fingerprint density at radius 3 is 2.75 bits per heavy atom. The quantitative estimate of drug-likeness (QED) is 0.264. The molecule has 10 nitrogen and oxygen atoms in total. The number of ether oxygens (including phenoxy) is 3. The number of alkyl halides is 1. The minimum absolute atomic E-state index is 0.0234. The van der Waals surface area contributed by atoms with E-state index in [9.17, 15) is 5.11 Å². The zero-order valence-electron chi connectivity index (χ0n) is 29.9. The zero-order chi connectivity index (χ0) is 36.0. The molecule has 1 aromatic heterocycles. The maximum Gasteiger partial charge on any atom is 0.319 e. The van der Waals surface area contributed by atoms with Crippen LogP contribution < -0.4 is 19.7 Å². The van der Waals surface area contributed by atoms with Gasteiger partial charge in [-0.25, -0.2) is 13.2 Å². The number of nitrogens with zero attached hydrogens (tertiary/aromatic N) is 5. The molecule has 6 aliphatic rings. The van der Waals surface area contributed by atoms with Gasteiger partial charge in [0, 0.05) is 57.8 Å². The summed E-state index contributed by atoms with van der Waals surface area (Å²) in [7, 11) is 0. The van der Waals surface area contributed by atoms with E-state index in [0.29, 0.717) is 48.4 Å². The smallest absolute Gasteiger partial charge is 0.319 e. The minimum Gasteiger partial charge on any atom is -0.508 e. The predicted molar refractivity (Wildman–Crippen MR) is 195 cm³/mol. The number of aryl methyl sites for hydroxylation is 1. The number of aromatic nitrogens is 2. The Bertz CT molecular complexity index is 2100. The van der Waals surface area contributed by atoms with Gasteiger partial charge in [-0.1, -0.05) is 25.1 Å². The van der Waals surface area contributed by atoms with Gasteiger partial charge in [-0.2, -0.15) is 9.97 Å². The van der Waals surface area contributed by atoms with Gasteiger partial charge in [0.1, 0.15) is 36.5 Å². The highest BCUT2D eigenvalue weighted by Crippen LogP contribution is 2.49. The van der Waals surface area contributed by atoms with Crippen LogP contribution >= 0.6 is 0 Å². The minimum atomic E-state index is -0.963. The van der Waals surface area contributed by atoms with Gasteiger partial charge in [-0.15, -0.1) is 0 Å². The molecular formula is C40H45F3N6O4. The third kappa shape index (κ3) is 5.52. The summed E-state index contributed by atoms with van der Waals surface area (Å²) in [5.74, 6) is -1.18. The molecule has 6 aliphatic heterocycles. The number of phenolic OH excluding ortho intramolecular Hbond substituents is 1. The Morgan fingerprint density at radius 2 is 1.91 bits per heavy atom. The van der Waals surface area contributed by atoms with Gasteiger partial charge in [0.15, 0.2) is 17.4 Å². The molecule has 0 radical (unpaired) electrons. The van der Waals surface area contributed by atoms with Crippen molar-refractivity contribution in [3.63, 3.8) is 0 Å². The molecule has 10 rings (SSSR count). The third-order valence-electron chi connectivity index (χ3n) is 12.8. The van der Waals surface area contributed by atoms with Crippen LogP contribution in [-0.4, -0.2) is 120 Å². The summed E-state index contributed by atoms with van der Waals surface area (Å²) in [4.78, 5) is 16.4. The number of hydrogen-bond acceptors (Lipinski definition) is 10. The van der Waals surface area contributed by atoms with E-state index >= 15 is 13.2 Å². The molecule has 7 heterocycles. The van der Waals surface area contributed by atoms with Crippen molar-refractivity contribution in [2.45, 2.75) is 68.9 Å². The van der Waals surface area contributed by atoms with Crippen LogP contribution in [0.4, 0.5) is 19.0 Å². The van der Waals surface area contributed by atoms with Crippen molar-refractivity contribution in [2.24, 2.45) is 5.92 Å².